The highest BCUT2D eigenvalue weighted by molar-refractivity contribution is 7.16. The van der Waals surface area contributed by atoms with Crippen LogP contribution < -0.4 is 5.32 Å². The van der Waals surface area contributed by atoms with E-state index in [1.807, 2.05) is 29.5 Å². The van der Waals surface area contributed by atoms with Crippen LogP contribution in [0.2, 0.25) is 5.02 Å². The molecule has 0 unspecified atom stereocenters. The molecule has 0 aliphatic carbocycles. The van der Waals surface area contributed by atoms with Crippen molar-refractivity contribution >= 4 is 29.0 Å². The molecule has 0 atom stereocenters. The van der Waals surface area contributed by atoms with Crippen LogP contribution in [-0.4, -0.2) is 13.1 Å². The first-order chi connectivity index (χ1) is 9.72. The number of thiophene rings is 1. The van der Waals surface area contributed by atoms with Gasteiger partial charge in [-0.15, -0.1) is 11.3 Å². The van der Waals surface area contributed by atoms with E-state index in [0.29, 0.717) is 0 Å². The van der Waals surface area contributed by atoms with Gasteiger partial charge in [0, 0.05) is 21.3 Å². The maximum atomic E-state index is 6.05. The molecule has 1 aromatic heterocycles. The van der Waals surface area contributed by atoms with E-state index in [1.54, 1.807) is 0 Å². The van der Waals surface area contributed by atoms with E-state index in [4.69, 9.17) is 11.6 Å². The summed E-state index contributed by atoms with van der Waals surface area (Å²) in [4.78, 5) is 2.56. The first kappa shape index (κ1) is 15.3. The van der Waals surface area contributed by atoms with E-state index in [0.717, 1.165) is 24.5 Å². The summed E-state index contributed by atoms with van der Waals surface area (Å²) in [6.45, 7) is 6.32. The van der Waals surface area contributed by atoms with Gasteiger partial charge >= 0.3 is 0 Å². The smallest absolute Gasteiger partial charge is 0.0412 e. The molecule has 0 spiro atoms. The Morgan fingerprint density at radius 1 is 1.25 bits per heavy atom. The van der Waals surface area contributed by atoms with Crippen molar-refractivity contribution in [2.24, 2.45) is 0 Å². The zero-order valence-electron chi connectivity index (χ0n) is 11.9. The third kappa shape index (κ3) is 4.20. The molecule has 0 radical (unpaired) electrons. The fourth-order valence-electron chi connectivity index (χ4n) is 1.99. The minimum absolute atomic E-state index is 0.786. The summed E-state index contributed by atoms with van der Waals surface area (Å²) < 4.78 is 0. The Balaban J connectivity index is 2.18. The Morgan fingerprint density at radius 2 is 2.10 bits per heavy atom. The summed E-state index contributed by atoms with van der Waals surface area (Å²) >= 11 is 7.86. The molecule has 2 rings (SSSR count). The average Bonchev–Trinajstić information content (AvgIpc) is 2.92. The monoisotopic (exact) mass is 305 g/mol. The molecule has 0 fully saturated rings. The van der Waals surface area contributed by atoms with Crippen molar-refractivity contribution in [1.29, 1.82) is 0 Å². The Morgan fingerprint density at radius 3 is 2.80 bits per heavy atom. The van der Waals surface area contributed by atoms with E-state index in [9.17, 15) is 0 Å². The minimum atomic E-state index is 0.786. The van der Waals surface area contributed by atoms with Gasteiger partial charge in [-0.05, 0) is 48.9 Å². The molecule has 0 saturated heterocycles. The van der Waals surface area contributed by atoms with E-state index in [-0.39, 0.29) is 0 Å². The fraction of sp³-hybridized carbons (Fsp3) is 0.294. The van der Waals surface area contributed by atoms with Gasteiger partial charge in [-0.1, -0.05) is 43.2 Å². The molecule has 20 heavy (non-hydrogen) atoms. The van der Waals surface area contributed by atoms with Gasteiger partial charge in [0.05, 0.1) is 0 Å². The molecule has 2 aromatic rings. The van der Waals surface area contributed by atoms with Crippen molar-refractivity contribution < 1.29 is 0 Å². The van der Waals surface area contributed by atoms with Gasteiger partial charge in [0.1, 0.15) is 0 Å². The van der Waals surface area contributed by atoms with Gasteiger partial charge in [0.25, 0.3) is 0 Å². The molecule has 0 aliphatic heterocycles. The largest absolute Gasteiger partial charge is 0.313 e. The molecule has 0 saturated carbocycles. The quantitative estimate of drug-likeness (QED) is 0.746. The SMILES string of the molecule is CCNCC(=Cc1ccc(-c2cccc(Cl)c2)s1)CC. The normalized spacial score (nSPS) is 11.8. The number of halogens is 1. The van der Waals surface area contributed by atoms with Crippen LogP contribution in [0.5, 0.6) is 0 Å². The van der Waals surface area contributed by atoms with Gasteiger partial charge in [-0.25, -0.2) is 0 Å². The summed E-state index contributed by atoms with van der Waals surface area (Å²) in [5.74, 6) is 0. The fourth-order valence-corrected chi connectivity index (χ4v) is 3.18. The standard InChI is InChI=1S/C17H20ClNS/c1-3-13(12-19-4-2)10-16-8-9-17(20-16)14-6-5-7-15(18)11-14/h5-11,19H,3-4,12H2,1-2H3. The van der Waals surface area contributed by atoms with Gasteiger partial charge in [0.15, 0.2) is 0 Å². The van der Waals surface area contributed by atoms with Crippen LogP contribution >= 0.6 is 22.9 Å². The second-order valence-electron chi connectivity index (χ2n) is 4.65. The van der Waals surface area contributed by atoms with Gasteiger partial charge in [0.2, 0.25) is 0 Å². The third-order valence-corrected chi connectivity index (χ3v) is 4.45. The van der Waals surface area contributed by atoms with E-state index >= 15 is 0 Å². The first-order valence-electron chi connectivity index (χ1n) is 6.99. The number of hydrogen-bond donors (Lipinski definition) is 1. The molecule has 0 bridgehead atoms. The molecule has 0 amide bonds. The predicted octanol–water partition coefficient (Wildman–Crippen LogP) is 5.47. The van der Waals surface area contributed by atoms with Crippen LogP contribution in [0, 0.1) is 0 Å². The van der Waals surface area contributed by atoms with Crippen LogP contribution in [0.4, 0.5) is 0 Å². The summed E-state index contributed by atoms with van der Waals surface area (Å²) in [6, 6.07) is 12.4. The second-order valence-corrected chi connectivity index (χ2v) is 6.20. The number of benzene rings is 1. The molecule has 3 heteroatoms. The lowest BCUT2D eigenvalue weighted by Crippen LogP contribution is -2.15. The topological polar surface area (TPSA) is 12.0 Å². The van der Waals surface area contributed by atoms with Crippen molar-refractivity contribution in [3.05, 3.63) is 51.9 Å². The van der Waals surface area contributed by atoms with E-state index in [1.165, 1.54) is 20.9 Å². The van der Waals surface area contributed by atoms with Crippen LogP contribution in [0.15, 0.2) is 42.0 Å². The summed E-state index contributed by atoms with van der Waals surface area (Å²) in [7, 11) is 0. The maximum Gasteiger partial charge on any atom is 0.0412 e. The molecule has 1 N–H and O–H groups in total. The van der Waals surface area contributed by atoms with E-state index in [2.05, 4.69) is 43.4 Å². The first-order valence-corrected chi connectivity index (χ1v) is 8.18. The Hall–Kier alpha value is -1.09. The molecule has 1 nitrogen and oxygen atoms in total. The molecular weight excluding hydrogens is 286 g/mol. The summed E-state index contributed by atoms with van der Waals surface area (Å²) in [6.07, 6.45) is 3.37. The van der Waals surface area contributed by atoms with Crippen molar-refractivity contribution in [2.75, 3.05) is 13.1 Å². The van der Waals surface area contributed by atoms with Crippen LogP contribution in [0.1, 0.15) is 25.1 Å². The molecule has 1 heterocycles. The Kier molecular flexibility index (Phi) is 5.84. The maximum absolute atomic E-state index is 6.05. The Bertz CT molecular complexity index is 586. The average molecular weight is 306 g/mol. The summed E-state index contributed by atoms with van der Waals surface area (Å²) in [5.41, 5.74) is 2.62. The van der Waals surface area contributed by atoms with Crippen LogP contribution in [0.25, 0.3) is 16.5 Å². The third-order valence-electron chi connectivity index (χ3n) is 3.14. The highest BCUT2D eigenvalue weighted by Gasteiger charge is 2.03. The lowest BCUT2D eigenvalue weighted by atomic mass is 10.1. The van der Waals surface area contributed by atoms with E-state index < -0.39 is 0 Å². The second kappa shape index (κ2) is 7.63. The predicted molar refractivity (Wildman–Crippen MR) is 91.6 cm³/mol. The minimum Gasteiger partial charge on any atom is -0.313 e. The van der Waals surface area contributed by atoms with Crippen LogP contribution in [-0.2, 0) is 0 Å². The highest BCUT2D eigenvalue weighted by Crippen LogP contribution is 2.30. The van der Waals surface area contributed by atoms with Crippen LogP contribution in [0.3, 0.4) is 0 Å². The Labute approximate surface area is 130 Å². The molecule has 0 aliphatic rings. The van der Waals surface area contributed by atoms with Crippen molar-refractivity contribution in [1.82, 2.24) is 5.32 Å². The molecular formula is C17H20ClNS. The van der Waals surface area contributed by atoms with Gasteiger partial charge < -0.3 is 5.32 Å². The van der Waals surface area contributed by atoms with Gasteiger partial charge in [-0.2, -0.15) is 0 Å². The highest BCUT2D eigenvalue weighted by atomic mass is 35.5. The number of likely N-dealkylation sites (N-methyl/N-ethyl adjacent to an activating group) is 1. The lowest BCUT2D eigenvalue weighted by molar-refractivity contribution is 0.762. The number of nitrogens with one attached hydrogen (secondary N) is 1. The van der Waals surface area contributed by atoms with Crippen molar-refractivity contribution in [2.45, 2.75) is 20.3 Å². The lowest BCUT2D eigenvalue weighted by Gasteiger charge is -2.04. The number of hydrogen-bond acceptors (Lipinski definition) is 2. The van der Waals surface area contributed by atoms with Crippen molar-refractivity contribution in [3.63, 3.8) is 0 Å². The number of rotatable bonds is 6. The zero-order valence-corrected chi connectivity index (χ0v) is 13.5. The van der Waals surface area contributed by atoms with Gasteiger partial charge in [-0.3, -0.25) is 0 Å². The zero-order chi connectivity index (χ0) is 14.4. The van der Waals surface area contributed by atoms with Crippen molar-refractivity contribution in [3.8, 4) is 10.4 Å². The summed E-state index contributed by atoms with van der Waals surface area (Å²) in [5, 5.41) is 4.17. The molecule has 106 valence electrons. The molecule has 1 aromatic carbocycles.